The number of carbonyl (C=O) groups is 1. The fourth-order valence-corrected chi connectivity index (χ4v) is 1.26. The number of nitrogens with one attached hydrogen (secondary N) is 1. The van der Waals surface area contributed by atoms with Crippen molar-refractivity contribution >= 4 is 5.91 Å². The molecular weight excluding hydrogens is 190 g/mol. The summed E-state index contributed by atoms with van der Waals surface area (Å²) in [6.07, 6.45) is 0.366. The molecule has 1 atom stereocenters. The highest BCUT2D eigenvalue weighted by atomic mass is 16.3. The van der Waals surface area contributed by atoms with Gasteiger partial charge in [0.05, 0.1) is 13.0 Å². The first-order chi connectivity index (χ1) is 7.11. The van der Waals surface area contributed by atoms with Crippen LogP contribution in [0.3, 0.4) is 0 Å². The Bertz CT molecular complexity index is 319. The number of hydrogen-bond acceptors (Lipinski definition) is 2. The van der Waals surface area contributed by atoms with E-state index in [0.717, 1.165) is 5.56 Å². The number of benzene rings is 1. The summed E-state index contributed by atoms with van der Waals surface area (Å²) in [6.45, 7) is 3.75. The van der Waals surface area contributed by atoms with E-state index in [-0.39, 0.29) is 18.6 Å². The van der Waals surface area contributed by atoms with Crippen LogP contribution in [0.15, 0.2) is 24.3 Å². The van der Waals surface area contributed by atoms with Crippen LogP contribution in [0.25, 0.3) is 0 Å². The molecule has 0 saturated heterocycles. The van der Waals surface area contributed by atoms with Crippen LogP contribution >= 0.6 is 0 Å². The van der Waals surface area contributed by atoms with Gasteiger partial charge in [-0.1, -0.05) is 29.8 Å². The maximum atomic E-state index is 11.4. The van der Waals surface area contributed by atoms with E-state index in [1.165, 1.54) is 5.56 Å². The molecule has 1 aromatic carbocycles. The molecule has 1 rings (SSSR count). The van der Waals surface area contributed by atoms with Crippen LogP contribution in [0.4, 0.5) is 0 Å². The molecule has 0 spiro atoms. The second kappa shape index (κ2) is 5.51. The van der Waals surface area contributed by atoms with Crippen LogP contribution < -0.4 is 5.32 Å². The summed E-state index contributed by atoms with van der Waals surface area (Å²) in [6, 6.07) is 7.68. The molecule has 0 aliphatic heterocycles. The fraction of sp³-hybridized carbons (Fsp3) is 0.417. The summed E-state index contributed by atoms with van der Waals surface area (Å²) in [5.74, 6) is -0.0552. The average Bonchev–Trinajstić information content (AvgIpc) is 2.21. The number of rotatable bonds is 4. The van der Waals surface area contributed by atoms with Gasteiger partial charge < -0.3 is 10.4 Å². The lowest BCUT2D eigenvalue weighted by atomic mass is 10.1. The van der Waals surface area contributed by atoms with Gasteiger partial charge in [-0.2, -0.15) is 0 Å². The van der Waals surface area contributed by atoms with E-state index >= 15 is 0 Å². The Morgan fingerprint density at radius 2 is 2.00 bits per heavy atom. The Labute approximate surface area is 90.1 Å². The summed E-state index contributed by atoms with van der Waals surface area (Å²) in [7, 11) is 0. The van der Waals surface area contributed by atoms with Gasteiger partial charge >= 0.3 is 0 Å². The molecule has 15 heavy (non-hydrogen) atoms. The first-order valence-electron chi connectivity index (χ1n) is 5.07. The van der Waals surface area contributed by atoms with Gasteiger partial charge in [0, 0.05) is 6.04 Å². The summed E-state index contributed by atoms with van der Waals surface area (Å²) in [5.41, 5.74) is 2.17. The molecule has 0 fully saturated rings. The summed E-state index contributed by atoms with van der Waals surface area (Å²) >= 11 is 0. The minimum atomic E-state index is -0.178. The maximum absolute atomic E-state index is 11.4. The molecule has 0 heterocycles. The standard InChI is InChI=1S/C12H17NO2/c1-9-3-5-11(6-4-9)7-12(15)13-10(2)8-14/h3-6,10,14H,7-8H2,1-2H3,(H,13,15)/t10-/m0/s1. The van der Waals surface area contributed by atoms with Crippen molar-refractivity contribution in [1.82, 2.24) is 5.32 Å². The quantitative estimate of drug-likeness (QED) is 0.775. The lowest BCUT2D eigenvalue weighted by molar-refractivity contribution is -0.121. The normalized spacial score (nSPS) is 12.2. The van der Waals surface area contributed by atoms with Crippen LogP contribution in [-0.2, 0) is 11.2 Å². The molecule has 0 aliphatic rings. The Hall–Kier alpha value is -1.35. The van der Waals surface area contributed by atoms with Crippen LogP contribution in [0.1, 0.15) is 18.1 Å². The number of aliphatic hydroxyl groups is 1. The maximum Gasteiger partial charge on any atom is 0.224 e. The molecule has 0 aliphatic carbocycles. The van der Waals surface area contributed by atoms with Gasteiger partial charge in [0.15, 0.2) is 0 Å². The monoisotopic (exact) mass is 207 g/mol. The Balaban J connectivity index is 2.48. The molecule has 0 saturated carbocycles. The molecule has 82 valence electrons. The summed E-state index contributed by atoms with van der Waals surface area (Å²) in [5, 5.41) is 11.5. The van der Waals surface area contributed by atoms with Gasteiger partial charge in [0.25, 0.3) is 0 Å². The van der Waals surface area contributed by atoms with Crippen molar-refractivity contribution in [2.45, 2.75) is 26.3 Å². The van der Waals surface area contributed by atoms with E-state index in [2.05, 4.69) is 5.32 Å². The van der Waals surface area contributed by atoms with Crippen molar-refractivity contribution in [3.8, 4) is 0 Å². The van der Waals surface area contributed by atoms with Crippen molar-refractivity contribution in [2.24, 2.45) is 0 Å². The smallest absolute Gasteiger partial charge is 0.224 e. The van der Waals surface area contributed by atoms with Gasteiger partial charge in [-0.15, -0.1) is 0 Å². The average molecular weight is 207 g/mol. The van der Waals surface area contributed by atoms with Gasteiger partial charge in [-0.3, -0.25) is 4.79 Å². The largest absolute Gasteiger partial charge is 0.394 e. The molecule has 0 aromatic heterocycles. The molecule has 0 unspecified atom stereocenters. The second-order valence-electron chi connectivity index (χ2n) is 3.81. The first-order valence-corrected chi connectivity index (χ1v) is 5.07. The van der Waals surface area contributed by atoms with E-state index in [4.69, 9.17) is 5.11 Å². The highest BCUT2D eigenvalue weighted by molar-refractivity contribution is 5.78. The number of hydrogen-bond donors (Lipinski definition) is 2. The SMILES string of the molecule is Cc1ccc(CC(=O)N[C@@H](C)CO)cc1. The zero-order valence-corrected chi connectivity index (χ0v) is 9.16. The van der Waals surface area contributed by atoms with Gasteiger partial charge in [0.1, 0.15) is 0 Å². The first kappa shape index (κ1) is 11.7. The minimum Gasteiger partial charge on any atom is -0.394 e. The molecule has 2 N–H and O–H groups in total. The number of amides is 1. The van der Waals surface area contributed by atoms with Crippen molar-refractivity contribution in [3.05, 3.63) is 35.4 Å². The molecule has 0 bridgehead atoms. The zero-order valence-electron chi connectivity index (χ0n) is 9.16. The number of aliphatic hydroxyl groups excluding tert-OH is 1. The highest BCUT2D eigenvalue weighted by Gasteiger charge is 2.06. The third-order valence-corrected chi connectivity index (χ3v) is 2.17. The highest BCUT2D eigenvalue weighted by Crippen LogP contribution is 2.03. The van der Waals surface area contributed by atoms with E-state index in [0.29, 0.717) is 6.42 Å². The van der Waals surface area contributed by atoms with E-state index in [9.17, 15) is 4.79 Å². The molecular formula is C12H17NO2. The van der Waals surface area contributed by atoms with Crippen LogP contribution in [0.2, 0.25) is 0 Å². The number of carbonyl (C=O) groups excluding carboxylic acids is 1. The third-order valence-electron chi connectivity index (χ3n) is 2.17. The summed E-state index contributed by atoms with van der Waals surface area (Å²) < 4.78 is 0. The predicted molar refractivity (Wildman–Crippen MR) is 59.6 cm³/mol. The Morgan fingerprint density at radius 3 is 2.53 bits per heavy atom. The second-order valence-corrected chi connectivity index (χ2v) is 3.81. The van der Waals surface area contributed by atoms with Crippen LogP contribution in [0.5, 0.6) is 0 Å². The van der Waals surface area contributed by atoms with Crippen LogP contribution in [-0.4, -0.2) is 23.7 Å². The summed E-state index contributed by atoms with van der Waals surface area (Å²) in [4.78, 5) is 11.4. The molecule has 3 heteroatoms. The van der Waals surface area contributed by atoms with Gasteiger partial charge in [-0.25, -0.2) is 0 Å². The van der Waals surface area contributed by atoms with Gasteiger partial charge in [-0.05, 0) is 19.4 Å². The molecule has 3 nitrogen and oxygen atoms in total. The van der Waals surface area contributed by atoms with Crippen molar-refractivity contribution in [1.29, 1.82) is 0 Å². The van der Waals surface area contributed by atoms with Crippen molar-refractivity contribution < 1.29 is 9.90 Å². The zero-order chi connectivity index (χ0) is 11.3. The van der Waals surface area contributed by atoms with Crippen molar-refractivity contribution in [2.75, 3.05) is 6.61 Å². The number of aryl methyl sites for hydroxylation is 1. The third kappa shape index (κ3) is 4.13. The topological polar surface area (TPSA) is 49.3 Å². The Kier molecular flexibility index (Phi) is 4.31. The minimum absolute atomic E-state index is 0.0281. The van der Waals surface area contributed by atoms with E-state index in [1.807, 2.05) is 31.2 Å². The van der Waals surface area contributed by atoms with Crippen molar-refractivity contribution in [3.63, 3.8) is 0 Å². The van der Waals surface area contributed by atoms with E-state index in [1.54, 1.807) is 6.92 Å². The van der Waals surface area contributed by atoms with Crippen LogP contribution in [0, 0.1) is 6.92 Å². The lowest BCUT2D eigenvalue weighted by Crippen LogP contribution is -2.35. The molecule has 1 aromatic rings. The van der Waals surface area contributed by atoms with Gasteiger partial charge in [0.2, 0.25) is 5.91 Å². The Morgan fingerprint density at radius 1 is 1.40 bits per heavy atom. The lowest BCUT2D eigenvalue weighted by Gasteiger charge is -2.10. The van der Waals surface area contributed by atoms with E-state index < -0.39 is 0 Å². The fourth-order valence-electron chi connectivity index (χ4n) is 1.26. The predicted octanol–water partition coefficient (Wildman–Crippen LogP) is 1.03. The molecule has 1 amide bonds. The molecule has 0 radical (unpaired) electrons.